The highest BCUT2D eigenvalue weighted by molar-refractivity contribution is 5.53. The van der Waals surface area contributed by atoms with Crippen molar-refractivity contribution in [2.45, 2.75) is 57.9 Å². The van der Waals surface area contributed by atoms with Crippen molar-refractivity contribution in [3.63, 3.8) is 0 Å². The Balaban J connectivity index is 2.15. The molecule has 1 aromatic rings. The Kier molecular flexibility index (Phi) is 4.47. The molecule has 2 heteroatoms. The summed E-state index contributed by atoms with van der Waals surface area (Å²) in [6, 6.07) is 10.8. The molecule has 2 rings (SSSR count). The number of hydrogen-bond acceptors (Lipinski definition) is 2. The van der Waals surface area contributed by atoms with Crippen LogP contribution >= 0.6 is 0 Å². The van der Waals surface area contributed by atoms with E-state index in [1.165, 1.54) is 24.8 Å². The van der Waals surface area contributed by atoms with Crippen LogP contribution in [0.2, 0.25) is 0 Å². The molecule has 1 aliphatic carbocycles. The fraction of sp³-hybridized carbons (Fsp3) is 0.588. The van der Waals surface area contributed by atoms with Crippen LogP contribution in [-0.4, -0.2) is 5.54 Å². The third-order valence-corrected chi connectivity index (χ3v) is 4.51. The van der Waals surface area contributed by atoms with Crippen molar-refractivity contribution in [1.29, 1.82) is 5.26 Å². The first-order chi connectivity index (χ1) is 9.19. The van der Waals surface area contributed by atoms with Crippen LogP contribution in [0.4, 0.5) is 5.69 Å². The number of nitriles is 1. The monoisotopic (exact) mass is 256 g/mol. The van der Waals surface area contributed by atoms with Crippen LogP contribution in [0.15, 0.2) is 24.3 Å². The molecule has 19 heavy (non-hydrogen) atoms. The number of hydrogen-bond donors (Lipinski definition) is 1. The first-order valence-corrected chi connectivity index (χ1v) is 7.44. The van der Waals surface area contributed by atoms with Crippen molar-refractivity contribution < 1.29 is 0 Å². The van der Waals surface area contributed by atoms with Crippen LogP contribution in [0, 0.1) is 24.2 Å². The highest BCUT2D eigenvalue weighted by atomic mass is 15.0. The van der Waals surface area contributed by atoms with E-state index >= 15 is 0 Å². The lowest BCUT2D eigenvalue weighted by Crippen LogP contribution is -2.36. The summed E-state index contributed by atoms with van der Waals surface area (Å²) in [7, 11) is 0. The number of anilines is 1. The molecule has 0 heterocycles. The minimum atomic E-state index is -0.365. The highest BCUT2D eigenvalue weighted by Gasteiger charge is 2.33. The second-order valence-corrected chi connectivity index (χ2v) is 5.84. The molecule has 2 nitrogen and oxygen atoms in total. The first kappa shape index (κ1) is 13.9. The summed E-state index contributed by atoms with van der Waals surface area (Å²) in [6.07, 6.45) is 6.78. The first-order valence-electron chi connectivity index (χ1n) is 7.44. The summed E-state index contributed by atoms with van der Waals surface area (Å²) < 4.78 is 0. The summed E-state index contributed by atoms with van der Waals surface area (Å²) in [5.74, 6) is 0.800. The summed E-state index contributed by atoms with van der Waals surface area (Å²) in [5.41, 5.74) is 1.96. The van der Waals surface area contributed by atoms with Crippen molar-refractivity contribution in [1.82, 2.24) is 0 Å². The Morgan fingerprint density at radius 1 is 1.32 bits per heavy atom. The summed E-state index contributed by atoms with van der Waals surface area (Å²) >= 11 is 0. The van der Waals surface area contributed by atoms with Crippen molar-refractivity contribution >= 4 is 5.69 Å². The maximum Gasteiger partial charge on any atom is 0.125 e. The molecule has 102 valence electrons. The van der Waals surface area contributed by atoms with Crippen LogP contribution < -0.4 is 5.32 Å². The molecule has 2 atom stereocenters. The average Bonchev–Trinajstić information content (AvgIpc) is 2.64. The zero-order valence-corrected chi connectivity index (χ0v) is 12.1. The van der Waals surface area contributed by atoms with E-state index in [9.17, 15) is 5.26 Å². The lowest BCUT2D eigenvalue weighted by atomic mass is 9.90. The third-order valence-electron chi connectivity index (χ3n) is 4.51. The molecule has 1 aliphatic rings. The number of benzene rings is 1. The summed E-state index contributed by atoms with van der Waals surface area (Å²) in [5, 5.41) is 13.2. The molecular formula is C17H24N2. The molecule has 1 fully saturated rings. The lowest BCUT2D eigenvalue weighted by Gasteiger charge is -2.28. The predicted molar refractivity (Wildman–Crippen MR) is 80.0 cm³/mol. The van der Waals surface area contributed by atoms with Gasteiger partial charge in [-0.1, -0.05) is 38.0 Å². The molecule has 1 aromatic carbocycles. The summed E-state index contributed by atoms with van der Waals surface area (Å²) in [6.45, 7) is 4.36. The number of rotatable bonds is 3. The normalized spacial score (nSPS) is 27.3. The van der Waals surface area contributed by atoms with Gasteiger partial charge in [-0.05, 0) is 50.2 Å². The molecule has 2 unspecified atom stereocenters. The van der Waals surface area contributed by atoms with Gasteiger partial charge in [0, 0.05) is 5.69 Å². The van der Waals surface area contributed by atoms with Gasteiger partial charge in [0.2, 0.25) is 0 Å². The standard InChI is InChI=1S/C17H24N2/c1-3-15-8-6-11-17(13-18,12-10-15)19-16-9-5-4-7-14(16)2/h4-5,7,9,15,19H,3,6,8,10-12H2,1-2H3. The van der Waals surface area contributed by atoms with Crippen molar-refractivity contribution in [3.05, 3.63) is 29.8 Å². The molecule has 0 aliphatic heterocycles. The van der Waals surface area contributed by atoms with Gasteiger partial charge in [-0.15, -0.1) is 0 Å². The van der Waals surface area contributed by atoms with E-state index in [4.69, 9.17) is 0 Å². The largest absolute Gasteiger partial charge is 0.367 e. The molecule has 0 amide bonds. The van der Waals surface area contributed by atoms with Crippen LogP contribution in [-0.2, 0) is 0 Å². The van der Waals surface area contributed by atoms with Crippen LogP contribution in [0.5, 0.6) is 0 Å². The van der Waals surface area contributed by atoms with E-state index in [0.29, 0.717) is 0 Å². The van der Waals surface area contributed by atoms with Gasteiger partial charge < -0.3 is 5.32 Å². The number of aryl methyl sites for hydroxylation is 1. The molecule has 0 aromatic heterocycles. The molecule has 0 radical (unpaired) electrons. The number of nitrogens with zero attached hydrogens (tertiary/aromatic N) is 1. The SMILES string of the molecule is CCC1CCCC(C#N)(Nc2ccccc2C)CC1. The zero-order valence-electron chi connectivity index (χ0n) is 12.1. The van der Waals surface area contributed by atoms with Gasteiger partial charge in [-0.2, -0.15) is 5.26 Å². The van der Waals surface area contributed by atoms with E-state index in [0.717, 1.165) is 30.9 Å². The quantitative estimate of drug-likeness (QED) is 0.798. The van der Waals surface area contributed by atoms with Gasteiger partial charge in [0.15, 0.2) is 0 Å². The minimum Gasteiger partial charge on any atom is -0.367 e. The Bertz CT molecular complexity index is 461. The lowest BCUT2D eigenvalue weighted by molar-refractivity contribution is 0.436. The molecule has 1 saturated carbocycles. The molecular weight excluding hydrogens is 232 g/mol. The molecule has 1 N–H and O–H groups in total. The fourth-order valence-electron chi connectivity index (χ4n) is 3.06. The van der Waals surface area contributed by atoms with E-state index in [2.05, 4.69) is 37.4 Å². The fourth-order valence-corrected chi connectivity index (χ4v) is 3.06. The van der Waals surface area contributed by atoms with E-state index in [1.807, 2.05) is 12.1 Å². The Hall–Kier alpha value is -1.49. The van der Waals surface area contributed by atoms with Crippen molar-refractivity contribution in [3.8, 4) is 6.07 Å². The van der Waals surface area contributed by atoms with E-state index < -0.39 is 0 Å². The topological polar surface area (TPSA) is 35.8 Å². The maximum absolute atomic E-state index is 9.67. The molecule has 0 saturated heterocycles. The van der Waals surface area contributed by atoms with Crippen molar-refractivity contribution in [2.75, 3.05) is 5.32 Å². The Morgan fingerprint density at radius 3 is 2.79 bits per heavy atom. The molecule has 0 spiro atoms. The van der Waals surface area contributed by atoms with Gasteiger partial charge in [-0.3, -0.25) is 0 Å². The second kappa shape index (κ2) is 6.10. The van der Waals surface area contributed by atoms with Gasteiger partial charge in [0.25, 0.3) is 0 Å². The van der Waals surface area contributed by atoms with Crippen LogP contribution in [0.25, 0.3) is 0 Å². The van der Waals surface area contributed by atoms with Crippen molar-refractivity contribution in [2.24, 2.45) is 5.92 Å². The van der Waals surface area contributed by atoms with E-state index in [1.54, 1.807) is 0 Å². The smallest absolute Gasteiger partial charge is 0.125 e. The zero-order chi connectivity index (χ0) is 13.7. The van der Waals surface area contributed by atoms with Crippen LogP contribution in [0.3, 0.4) is 0 Å². The third kappa shape index (κ3) is 3.29. The summed E-state index contributed by atoms with van der Waals surface area (Å²) in [4.78, 5) is 0. The van der Waals surface area contributed by atoms with Gasteiger partial charge in [0.05, 0.1) is 6.07 Å². The number of para-hydroxylation sites is 1. The second-order valence-electron chi connectivity index (χ2n) is 5.84. The molecule has 0 bridgehead atoms. The minimum absolute atomic E-state index is 0.365. The predicted octanol–water partition coefficient (Wildman–Crippen LogP) is 4.66. The number of nitrogens with one attached hydrogen (secondary N) is 1. The Morgan fingerprint density at radius 2 is 2.11 bits per heavy atom. The van der Waals surface area contributed by atoms with Gasteiger partial charge >= 0.3 is 0 Å². The van der Waals surface area contributed by atoms with Gasteiger partial charge in [-0.25, -0.2) is 0 Å². The van der Waals surface area contributed by atoms with Gasteiger partial charge in [0.1, 0.15) is 5.54 Å². The average molecular weight is 256 g/mol. The Labute approximate surface area is 116 Å². The highest BCUT2D eigenvalue weighted by Crippen LogP contribution is 2.34. The van der Waals surface area contributed by atoms with Crippen LogP contribution in [0.1, 0.15) is 51.0 Å². The van der Waals surface area contributed by atoms with E-state index in [-0.39, 0.29) is 5.54 Å². The maximum atomic E-state index is 9.67.